The number of anilines is 1. The van der Waals surface area contributed by atoms with Crippen LogP contribution in [0.15, 0.2) is 42.5 Å². The fourth-order valence-electron chi connectivity index (χ4n) is 4.20. The molecule has 0 radical (unpaired) electrons. The first-order chi connectivity index (χ1) is 12.5. The Hall–Kier alpha value is -1.97. The summed E-state index contributed by atoms with van der Waals surface area (Å²) in [5.41, 5.74) is 4.78. The number of allylic oxidation sites excluding steroid dienone is 2. The second-order valence-electron chi connectivity index (χ2n) is 6.85. The third-order valence-corrected chi connectivity index (χ3v) is 5.99. The molecular weight excluding hydrogens is 369 g/mol. The van der Waals surface area contributed by atoms with Crippen LogP contribution in [0.25, 0.3) is 0 Å². The van der Waals surface area contributed by atoms with Crippen LogP contribution >= 0.6 is 23.2 Å². The van der Waals surface area contributed by atoms with E-state index in [0.717, 1.165) is 28.8 Å². The van der Waals surface area contributed by atoms with Gasteiger partial charge in [0.15, 0.2) is 0 Å². The minimum absolute atomic E-state index is 0.0545. The van der Waals surface area contributed by atoms with Crippen LogP contribution < -0.4 is 5.32 Å². The van der Waals surface area contributed by atoms with Crippen molar-refractivity contribution >= 4 is 34.9 Å². The van der Waals surface area contributed by atoms with E-state index in [0.29, 0.717) is 15.6 Å². The maximum Gasteiger partial charge on any atom is 0.338 e. The van der Waals surface area contributed by atoms with Gasteiger partial charge in [-0.2, -0.15) is 0 Å². The summed E-state index contributed by atoms with van der Waals surface area (Å²) < 4.78 is 5.01. The zero-order valence-electron chi connectivity index (χ0n) is 14.6. The Balaban J connectivity index is 1.87. The van der Waals surface area contributed by atoms with Crippen molar-refractivity contribution in [1.29, 1.82) is 0 Å². The fourth-order valence-corrected chi connectivity index (χ4v) is 4.73. The zero-order chi connectivity index (χ0) is 18.4. The standard InChI is InChI=1S/C21H19Cl2NO2/c1-11-6-8-16(21(25)26-2)18-13-4-3-5-14(13)20(24-19(11)18)15-9-7-12(22)10-17(15)23/h3-4,6-10,13-14,20,24H,5H2,1-2H3/t13-,14+,20-/m1/s1. The van der Waals surface area contributed by atoms with E-state index in [2.05, 4.69) is 17.5 Å². The van der Waals surface area contributed by atoms with E-state index in [9.17, 15) is 4.79 Å². The molecule has 2 aliphatic rings. The van der Waals surface area contributed by atoms with E-state index >= 15 is 0 Å². The Morgan fingerprint density at radius 3 is 2.77 bits per heavy atom. The summed E-state index contributed by atoms with van der Waals surface area (Å²) in [4.78, 5) is 12.3. The second-order valence-corrected chi connectivity index (χ2v) is 7.70. The molecule has 0 aromatic heterocycles. The molecule has 0 spiro atoms. The fraction of sp³-hybridized carbons (Fsp3) is 0.286. The number of rotatable bonds is 2. The van der Waals surface area contributed by atoms with E-state index in [4.69, 9.17) is 27.9 Å². The van der Waals surface area contributed by atoms with Crippen molar-refractivity contribution in [3.8, 4) is 0 Å². The van der Waals surface area contributed by atoms with Gasteiger partial charge < -0.3 is 10.1 Å². The highest BCUT2D eigenvalue weighted by Crippen LogP contribution is 2.52. The Morgan fingerprint density at radius 2 is 2.04 bits per heavy atom. The minimum atomic E-state index is -0.301. The third-order valence-electron chi connectivity index (χ3n) is 5.43. The van der Waals surface area contributed by atoms with Crippen molar-refractivity contribution in [1.82, 2.24) is 0 Å². The molecule has 0 saturated heterocycles. The van der Waals surface area contributed by atoms with Gasteiger partial charge in [-0.3, -0.25) is 0 Å². The van der Waals surface area contributed by atoms with Crippen LogP contribution in [-0.2, 0) is 4.74 Å². The molecular formula is C21H19Cl2NO2. The number of fused-ring (bicyclic) bond motifs is 3. The number of carbonyl (C=O) groups excluding carboxylic acids is 1. The van der Waals surface area contributed by atoms with E-state index in [1.54, 1.807) is 6.07 Å². The average Bonchev–Trinajstić information content (AvgIpc) is 3.11. The molecule has 0 bridgehead atoms. The molecule has 1 aliphatic heterocycles. The number of esters is 1. The van der Waals surface area contributed by atoms with Crippen molar-refractivity contribution in [2.24, 2.45) is 5.92 Å². The summed E-state index contributed by atoms with van der Waals surface area (Å²) in [5.74, 6) is 0.133. The number of carbonyl (C=O) groups is 1. The molecule has 134 valence electrons. The van der Waals surface area contributed by atoms with Crippen LogP contribution in [0.4, 0.5) is 5.69 Å². The van der Waals surface area contributed by atoms with Gasteiger partial charge in [-0.1, -0.05) is 47.5 Å². The van der Waals surface area contributed by atoms with Gasteiger partial charge in [0, 0.05) is 21.7 Å². The Bertz CT molecular complexity index is 922. The van der Waals surface area contributed by atoms with Crippen LogP contribution in [0.3, 0.4) is 0 Å². The maximum atomic E-state index is 12.3. The SMILES string of the molecule is COC(=O)c1ccc(C)c2c1[C@@H]1C=CC[C@@H]1[C@H](c1ccc(Cl)cc1Cl)N2. The predicted molar refractivity (Wildman–Crippen MR) is 105 cm³/mol. The van der Waals surface area contributed by atoms with Crippen molar-refractivity contribution in [2.45, 2.75) is 25.3 Å². The Labute approximate surface area is 163 Å². The summed E-state index contributed by atoms with van der Waals surface area (Å²) in [5, 5.41) is 4.94. The van der Waals surface area contributed by atoms with Gasteiger partial charge in [0.2, 0.25) is 0 Å². The lowest BCUT2D eigenvalue weighted by atomic mass is 9.74. The molecule has 3 atom stereocenters. The van der Waals surface area contributed by atoms with E-state index in [-0.39, 0.29) is 23.8 Å². The van der Waals surface area contributed by atoms with Gasteiger partial charge in [0.25, 0.3) is 0 Å². The van der Waals surface area contributed by atoms with Crippen molar-refractivity contribution < 1.29 is 9.53 Å². The summed E-state index contributed by atoms with van der Waals surface area (Å²) in [6.07, 6.45) is 5.31. The molecule has 2 aromatic carbocycles. The van der Waals surface area contributed by atoms with Crippen LogP contribution in [0.5, 0.6) is 0 Å². The number of halogens is 2. The predicted octanol–water partition coefficient (Wildman–Crippen LogP) is 5.91. The highest BCUT2D eigenvalue weighted by atomic mass is 35.5. The van der Waals surface area contributed by atoms with Crippen molar-refractivity contribution in [3.05, 3.63) is 74.8 Å². The first-order valence-electron chi connectivity index (χ1n) is 8.61. The topological polar surface area (TPSA) is 38.3 Å². The van der Waals surface area contributed by atoms with E-state index in [1.807, 2.05) is 31.2 Å². The number of nitrogens with one attached hydrogen (secondary N) is 1. The highest BCUT2D eigenvalue weighted by molar-refractivity contribution is 6.35. The van der Waals surface area contributed by atoms with Gasteiger partial charge in [0.1, 0.15) is 0 Å². The number of methoxy groups -OCH3 is 1. The van der Waals surface area contributed by atoms with Gasteiger partial charge in [-0.05, 0) is 54.2 Å². The number of benzene rings is 2. The lowest BCUT2D eigenvalue weighted by Gasteiger charge is -2.39. The lowest BCUT2D eigenvalue weighted by molar-refractivity contribution is 0.0598. The van der Waals surface area contributed by atoms with Crippen molar-refractivity contribution in [3.63, 3.8) is 0 Å². The monoisotopic (exact) mass is 387 g/mol. The summed E-state index contributed by atoms with van der Waals surface area (Å²) in [7, 11) is 1.42. The number of ether oxygens (including phenoxy) is 1. The van der Waals surface area contributed by atoms with E-state index in [1.165, 1.54) is 7.11 Å². The molecule has 26 heavy (non-hydrogen) atoms. The molecule has 1 aliphatic carbocycles. The largest absolute Gasteiger partial charge is 0.465 e. The van der Waals surface area contributed by atoms with Crippen LogP contribution in [0.1, 0.15) is 45.4 Å². The molecule has 1 heterocycles. The highest BCUT2D eigenvalue weighted by Gasteiger charge is 2.41. The average molecular weight is 388 g/mol. The second kappa shape index (κ2) is 6.64. The maximum absolute atomic E-state index is 12.3. The molecule has 3 nitrogen and oxygen atoms in total. The molecule has 2 aromatic rings. The van der Waals surface area contributed by atoms with Crippen molar-refractivity contribution in [2.75, 3.05) is 12.4 Å². The minimum Gasteiger partial charge on any atom is -0.465 e. The normalized spacial score (nSPS) is 23.2. The summed E-state index contributed by atoms with van der Waals surface area (Å²) in [6, 6.07) is 9.51. The molecule has 5 heteroatoms. The molecule has 0 amide bonds. The quantitative estimate of drug-likeness (QED) is 0.513. The first kappa shape index (κ1) is 17.4. The third kappa shape index (κ3) is 2.70. The van der Waals surface area contributed by atoms with E-state index < -0.39 is 0 Å². The van der Waals surface area contributed by atoms with Crippen LogP contribution in [-0.4, -0.2) is 13.1 Å². The smallest absolute Gasteiger partial charge is 0.338 e. The Morgan fingerprint density at radius 1 is 1.23 bits per heavy atom. The zero-order valence-corrected chi connectivity index (χ0v) is 16.1. The number of aryl methyl sites for hydroxylation is 1. The molecule has 0 unspecified atom stereocenters. The molecule has 4 rings (SSSR count). The van der Waals surface area contributed by atoms with Gasteiger partial charge in [-0.15, -0.1) is 0 Å². The molecule has 0 saturated carbocycles. The van der Waals surface area contributed by atoms with Crippen LogP contribution in [0.2, 0.25) is 10.0 Å². The van der Waals surface area contributed by atoms with Gasteiger partial charge >= 0.3 is 5.97 Å². The number of hydrogen-bond donors (Lipinski definition) is 1. The van der Waals surface area contributed by atoms with Crippen LogP contribution in [0, 0.1) is 12.8 Å². The first-order valence-corrected chi connectivity index (χ1v) is 9.36. The Kier molecular flexibility index (Phi) is 4.45. The summed E-state index contributed by atoms with van der Waals surface area (Å²) >= 11 is 12.6. The molecule has 1 N–H and O–H groups in total. The summed E-state index contributed by atoms with van der Waals surface area (Å²) in [6.45, 7) is 2.05. The van der Waals surface area contributed by atoms with Gasteiger partial charge in [-0.25, -0.2) is 4.79 Å². The number of hydrogen-bond acceptors (Lipinski definition) is 3. The van der Waals surface area contributed by atoms with Gasteiger partial charge in [0.05, 0.1) is 18.7 Å². The molecule has 0 fully saturated rings. The lowest BCUT2D eigenvalue weighted by Crippen LogP contribution is -2.31.